The van der Waals surface area contributed by atoms with E-state index in [9.17, 15) is 4.39 Å². The minimum atomic E-state index is -0.147. The van der Waals surface area contributed by atoms with Gasteiger partial charge < -0.3 is 5.73 Å². The first-order valence-electron chi connectivity index (χ1n) is 6.97. The van der Waals surface area contributed by atoms with E-state index in [0.29, 0.717) is 18.2 Å². The smallest absolute Gasteiger partial charge is 0.128 e. The summed E-state index contributed by atoms with van der Waals surface area (Å²) in [5.41, 5.74) is 6.80. The predicted octanol–water partition coefficient (Wildman–Crippen LogP) is 2.12. The number of piperidine rings is 1. The third-order valence-electron chi connectivity index (χ3n) is 4.28. The lowest BCUT2D eigenvalue weighted by molar-refractivity contribution is 0.203. The standard InChI is InChI=1S/C16H19FN2/c17-16-9-12(2-1-7-18)3-5-14(16)11-19-10-13-4-6-15(19)8-13/h3,5,9,13,15H,4,6-8,10-11,18H2. The van der Waals surface area contributed by atoms with Crippen LogP contribution in [0, 0.1) is 23.6 Å². The molecule has 1 aliphatic carbocycles. The van der Waals surface area contributed by atoms with E-state index in [-0.39, 0.29) is 5.82 Å². The lowest BCUT2D eigenvalue weighted by Crippen LogP contribution is -2.31. The molecular weight excluding hydrogens is 239 g/mol. The Morgan fingerprint density at radius 3 is 2.89 bits per heavy atom. The van der Waals surface area contributed by atoms with Gasteiger partial charge in [-0.1, -0.05) is 17.9 Å². The third-order valence-corrected chi connectivity index (χ3v) is 4.28. The van der Waals surface area contributed by atoms with E-state index in [2.05, 4.69) is 16.7 Å². The number of benzene rings is 1. The van der Waals surface area contributed by atoms with Crippen LogP contribution in [-0.4, -0.2) is 24.0 Å². The van der Waals surface area contributed by atoms with Crippen molar-refractivity contribution in [3.8, 4) is 11.8 Å². The maximum atomic E-state index is 14.0. The number of rotatable bonds is 2. The number of hydrogen-bond acceptors (Lipinski definition) is 2. The zero-order valence-electron chi connectivity index (χ0n) is 11.0. The first-order chi connectivity index (χ1) is 9.26. The second-order valence-corrected chi connectivity index (χ2v) is 5.57. The minimum Gasteiger partial charge on any atom is -0.320 e. The molecule has 0 radical (unpaired) electrons. The molecule has 2 N–H and O–H groups in total. The summed E-state index contributed by atoms with van der Waals surface area (Å²) < 4.78 is 14.0. The summed E-state index contributed by atoms with van der Waals surface area (Å²) in [4.78, 5) is 2.43. The molecule has 19 heavy (non-hydrogen) atoms. The summed E-state index contributed by atoms with van der Waals surface area (Å²) >= 11 is 0. The molecule has 1 saturated heterocycles. The van der Waals surface area contributed by atoms with E-state index in [0.717, 1.165) is 24.6 Å². The predicted molar refractivity (Wildman–Crippen MR) is 73.9 cm³/mol. The van der Waals surface area contributed by atoms with Crippen molar-refractivity contribution < 1.29 is 4.39 Å². The fourth-order valence-corrected chi connectivity index (χ4v) is 3.35. The van der Waals surface area contributed by atoms with Gasteiger partial charge in [-0.25, -0.2) is 4.39 Å². The molecule has 2 fully saturated rings. The molecule has 1 aromatic carbocycles. The molecule has 0 amide bonds. The van der Waals surface area contributed by atoms with Gasteiger partial charge in [0.15, 0.2) is 0 Å². The molecule has 1 heterocycles. The molecule has 0 aromatic heterocycles. The molecule has 1 saturated carbocycles. The molecule has 1 aromatic rings. The van der Waals surface area contributed by atoms with Crippen LogP contribution < -0.4 is 5.73 Å². The van der Waals surface area contributed by atoms with Gasteiger partial charge in [0.1, 0.15) is 5.82 Å². The van der Waals surface area contributed by atoms with E-state index < -0.39 is 0 Å². The highest BCUT2D eigenvalue weighted by Gasteiger charge is 2.37. The quantitative estimate of drug-likeness (QED) is 0.823. The SMILES string of the molecule is NCC#Cc1ccc(CN2CC3CCC2C3)c(F)c1. The average molecular weight is 258 g/mol. The summed E-state index contributed by atoms with van der Waals surface area (Å²) in [7, 11) is 0. The van der Waals surface area contributed by atoms with Crippen molar-refractivity contribution in [1.82, 2.24) is 4.90 Å². The van der Waals surface area contributed by atoms with Crippen LogP contribution >= 0.6 is 0 Å². The van der Waals surface area contributed by atoms with Crippen molar-refractivity contribution in [3.63, 3.8) is 0 Å². The zero-order valence-corrected chi connectivity index (χ0v) is 11.0. The number of fused-ring (bicyclic) bond motifs is 2. The van der Waals surface area contributed by atoms with Crippen LogP contribution in [0.5, 0.6) is 0 Å². The largest absolute Gasteiger partial charge is 0.320 e. The van der Waals surface area contributed by atoms with Crippen molar-refractivity contribution in [2.75, 3.05) is 13.1 Å². The Bertz CT molecular complexity index is 529. The molecule has 100 valence electrons. The van der Waals surface area contributed by atoms with E-state index >= 15 is 0 Å². The van der Waals surface area contributed by atoms with Crippen molar-refractivity contribution in [3.05, 3.63) is 35.1 Å². The van der Waals surface area contributed by atoms with Gasteiger partial charge in [0.05, 0.1) is 6.54 Å². The average Bonchev–Trinajstić information content (AvgIpc) is 3.01. The van der Waals surface area contributed by atoms with E-state index in [1.165, 1.54) is 25.3 Å². The first kappa shape index (κ1) is 12.7. The Kier molecular flexibility index (Phi) is 3.54. The molecule has 2 atom stereocenters. The van der Waals surface area contributed by atoms with E-state index in [1.54, 1.807) is 0 Å². The summed E-state index contributed by atoms with van der Waals surface area (Å²) in [6.45, 7) is 2.18. The van der Waals surface area contributed by atoms with Gasteiger partial charge >= 0.3 is 0 Å². The summed E-state index contributed by atoms with van der Waals surface area (Å²) in [5.74, 6) is 6.31. The van der Waals surface area contributed by atoms with Crippen molar-refractivity contribution >= 4 is 0 Å². The maximum absolute atomic E-state index is 14.0. The van der Waals surface area contributed by atoms with Crippen LogP contribution in [0.4, 0.5) is 4.39 Å². The molecular formula is C16H19FN2. The van der Waals surface area contributed by atoms with Gasteiger partial charge in [0, 0.05) is 30.3 Å². The van der Waals surface area contributed by atoms with Gasteiger partial charge in [-0.3, -0.25) is 4.90 Å². The van der Waals surface area contributed by atoms with Gasteiger partial charge in [0.2, 0.25) is 0 Å². The number of nitrogens with zero attached hydrogens (tertiary/aromatic N) is 1. The van der Waals surface area contributed by atoms with Crippen molar-refractivity contribution in [1.29, 1.82) is 0 Å². The number of hydrogen-bond donors (Lipinski definition) is 1. The van der Waals surface area contributed by atoms with Crippen LogP contribution in [0.3, 0.4) is 0 Å². The van der Waals surface area contributed by atoms with Crippen molar-refractivity contribution in [2.45, 2.75) is 31.8 Å². The fraction of sp³-hybridized carbons (Fsp3) is 0.500. The van der Waals surface area contributed by atoms with Crippen LogP contribution in [0.2, 0.25) is 0 Å². The van der Waals surface area contributed by atoms with Gasteiger partial charge in [-0.05, 0) is 37.3 Å². The summed E-state index contributed by atoms with van der Waals surface area (Å²) in [6.07, 6.45) is 3.95. The van der Waals surface area contributed by atoms with Gasteiger partial charge in [-0.2, -0.15) is 0 Å². The second-order valence-electron chi connectivity index (χ2n) is 5.57. The normalized spacial score (nSPS) is 25.4. The molecule has 1 aliphatic heterocycles. The number of nitrogens with two attached hydrogens (primary N) is 1. The fourth-order valence-electron chi connectivity index (χ4n) is 3.35. The van der Waals surface area contributed by atoms with Crippen LogP contribution in [0.1, 0.15) is 30.4 Å². The van der Waals surface area contributed by atoms with E-state index in [4.69, 9.17) is 5.73 Å². The Labute approximate surface area is 113 Å². The topological polar surface area (TPSA) is 29.3 Å². The van der Waals surface area contributed by atoms with Crippen molar-refractivity contribution in [2.24, 2.45) is 11.7 Å². The highest BCUT2D eigenvalue weighted by atomic mass is 19.1. The monoisotopic (exact) mass is 258 g/mol. The Morgan fingerprint density at radius 2 is 2.26 bits per heavy atom. The Balaban J connectivity index is 1.71. The van der Waals surface area contributed by atoms with E-state index in [1.807, 2.05) is 12.1 Å². The molecule has 2 nitrogen and oxygen atoms in total. The summed E-state index contributed by atoms with van der Waals surface area (Å²) in [6, 6.07) is 5.95. The maximum Gasteiger partial charge on any atom is 0.128 e. The zero-order chi connectivity index (χ0) is 13.2. The first-order valence-corrected chi connectivity index (χ1v) is 6.97. The highest BCUT2D eigenvalue weighted by molar-refractivity contribution is 5.37. The highest BCUT2D eigenvalue weighted by Crippen LogP contribution is 2.38. The van der Waals surface area contributed by atoms with Crippen LogP contribution in [0.25, 0.3) is 0 Å². The lowest BCUT2D eigenvalue weighted by atomic mass is 10.1. The molecule has 2 aliphatic rings. The van der Waals surface area contributed by atoms with Crippen LogP contribution in [0.15, 0.2) is 18.2 Å². The molecule has 2 unspecified atom stereocenters. The number of likely N-dealkylation sites (tertiary alicyclic amines) is 1. The number of halogens is 1. The lowest BCUT2D eigenvalue weighted by Gasteiger charge is -2.26. The Hall–Kier alpha value is -1.37. The molecule has 3 rings (SSSR count). The van der Waals surface area contributed by atoms with Gasteiger partial charge in [-0.15, -0.1) is 0 Å². The molecule has 0 spiro atoms. The summed E-state index contributed by atoms with van der Waals surface area (Å²) in [5, 5.41) is 0. The van der Waals surface area contributed by atoms with Gasteiger partial charge in [0.25, 0.3) is 0 Å². The van der Waals surface area contributed by atoms with Crippen LogP contribution in [-0.2, 0) is 6.54 Å². The molecule has 3 heteroatoms. The molecule has 2 bridgehead atoms. The third kappa shape index (κ3) is 2.65. The minimum absolute atomic E-state index is 0.147. The Morgan fingerprint density at radius 1 is 1.37 bits per heavy atom. The second kappa shape index (κ2) is 5.32.